The van der Waals surface area contributed by atoms with Gasteiger partial charge in [-0.1, -0.05) is 27.7 Å². The molecule has 0 amide bonds. The van der Waals surface area contributed by atoms with Crippen LogP contribution in [0, 0.1) is 16.7 Å². The molecule has 0 aromatic rings. The highest BCUT2D eigenvalue weighted by Gasteiger charge is 2.38. The van der Waals surface area contributed by atoms with Gasteiger partial charge in [-0.15, -0.1) is 0 Å². The van der Waals surface area contributed by atoms with Gasteiger partial charge in [0.2, 0.25) is 0 Å². The quantitative estimate of drug-likeness (QED) is 0.694. The predicted molar refractivity (Wildman–Crippen MR) is 58.8 cm³/mol. The summed E-state index contributed by atoms with van der Waals surface area (Å²) in [4.78, 5) is 0. The molecule has 0 aromatic carbocycles. The average molecular weight is 183 g/mol. The summed E-state index contributed by atoms with van der Waals surface area (Å²) in [6.45, 7) is 10.8. The first-order valence-corrected chi connectivity index (χ1v) is 5.52. The second kappa shape index (κ2) is 3.61. The maximum absolute atomic E-state index is 3.34. The normalized spacial score (nSPS) is 39.0. The molecule has 0 saturated heterocycles. The lowest BCUT2D eigenvalue weighted by Gasteiger charge is -2.46. The maximum atomic E-state index is 3.34. The standard InChI is InChI=1S/C12H25N/c1-10-6-11(2,3)8-12(4,7-10)9-13-5/h10,13H,6-9H2,1-5H3. The van der Waals surface area contributed by atoms with Crippen LogP contribution < -0.4 is 5.32 Å². The molecule has 2 atom stereocenters. The first-order valence-electron chi connectivity index (χ1n) is 5.52. The third-order valence-electron chi connectivity index (χ3n) is 3.25. The van der Waals surface area contributed by atoms with Crippen molar-refractivity contribution in [1.29, 1.82) is 0 Å². The van der Waals surface area contributed by atoms with Gasteiger partial charge < -0.3 is 5.32 Å². The van der Waals surface area contributed by atoms with Gasteiger partial charge in [0.15, 0.2) is 0 Å². The minimum absolute atomic E-state index is 0.524. The summed E-state index contributed by atoms with van der Waals surface area (Å²) in [5, 5.41) is 3.34. The number of nitrogens with one attached hydrogen (secondary N) is 1. The molecule has 2 unspecified atom stereocenters. The smallest absolute Gasteiger partial charge is 0.000246 e. The van der Waals surface area contributed by atoms with Crippen LogP contribution in [-0.4, -0.2) is 13.6 Å². The Balaban J connectivity index is 2.66. The summed E-state index contributed by atoms with van der Waals surface area (Å²) in [5.74, 6) is 0.891. The zero-order valence-electron chi connectivity index (χ0n) is 9.91. The van der Waals surface area contributed by atoms with Gasteiger partial charge in [-0.05, 0) is 43.1 Å². The second-order valence-corrected chi connectivity index (χ2v) is 6.20. The summed E-state index contributed by atoms with van der Waals surface area (Å²) >= 11 is 0. The zero-order valence-corrected chi connectivity index (χ0v) is 9.91. The lowest BCUT2D eigenvalue weighted by molar-refractivity contribution is 0.0623. The molecule has 0 aromatic heterocycles. The molecule has 0 aliphatic heterocycles. The lowest BCUT2D eigenvalue weighted by atomic mass is 9.61. The van der Waals surface area contributed by atoms with E-state index in [0.29, 0.717) is 10.8 Å². The lowest BCUT2D eigenvalue weighted by Crippen LogP contribution is -2.40. The molecule has 1 nitrogen and oxygen atoms in total. The Morgan fingerprint density at radius 1 is 1.23 bits per heavy atom. The molecule has 1 aliphatic rings. The molecule has 1 rings (SSSR count). The van der Waals surface area contributed by atoms with E-state index >= 15 is 0 Å². The van der Waals surface area contributed by atoms with Crippen LogP contribution in [0.2, 0.25) is 0 Å². The van der Waals surface area contributed by atoms with Gasteiger partial charge >= 0.3 is 0 Å². The molecule has 0 bridgehead atoms. The Morgan fingerprint density at radius 2 is 1.85 bits per heavy atom. The molecule has 1 N–H and O–H groups in total. The molecule has 0 heterocycles. The van der Waals surface area contributed by atoms with Crippen LogP contribution in [0.25, 0.3) is 0 Å². The Bertz CT molecular complexity index is 174. The van der Waals surface area contributed by atoms with E-state index in [1.807, 2.05) is 0 Å². The van der Waals surface area contributed by atoms with Gasteiger partial charge in [0.1, 0.15) is 0 Å². The van der Waals surface area contributed by atoms with Crippen molar-refractivity contribution in [2.24, 2.45) is 16.7 Å². The topological polar surface area (TPSA) is 12.0 Å². The summed E-state index contributed by atoms with van der Waals surface area (Å²) in [7, 11) is 2.07. The van der Waals surface area contributed by atoms with E-state index in [0.717, 1.165) is 5.92 Å². The molecule has 78 valence electrons. The van der Waals surface area contributed by atoms with Gasteiger partial charge in [-0.25, -0.2) is 0 Å². The summed E-state index contributed by atoms with van der Waals surface area (Å²) in [6.07, 6.45) is 4.15. The predicted octanol–water partition coefficient (Wildman–Crippen LogP) is 3.06. The zero-order chi connectivity index (χ0) is 10.1. The molecule has 1 heteroatoms. The molecule has 1 fully saturated rings. The third kappa shape index (κ3) is 2.98. The first kappa shape index (κ1) is 11.0. The third-order valence-corrected chi connectivity index (χ3v) is 3.25. The highest BCUT2D eigenvalue weighted by Crippen LogP contribution is 2.47. The molecular weight excluding hydrogens is 158 g/mol. The summed E-state index contributed by atoms with van der Waals surface area (Å²) in [6, 6.07) is 0. The average Bonchev–Trinajstić information content (AvgIpc) is 1.78. The Labute approximate surface area is 83.3 Å². The molecule has 1 saturated carbocycles. The molecule has 0 spiro atoms. The van der Waals surface area contributed by atoms with Gasteiger partial charge in [0, 0.05) is 6.54 Å². The number of hydrogen-bond donors (Lipinski definition) is 1. The molecule has 0 radical (unpaired) electrons. The summed E-state index contributed by atoms with van der Waals surface area (Å²) < 4.78 is 0. The van der Waals surface area contributed by atoms with Crippen molar-refractivity contribution in [2.45, 2.75) is 47.0 Å². The van der Waals surface area contributed by atoms with Crippen LogP contribution in [0.3, 0.4) is 0 Å². The van der Waals surface area contributed by atoms with E-state index < -0.39 is 0 Å². The number of rotatable bonds is 2. The van der Waals surface area contributed by atoms with Crippen LogP contribution in [-0.2, 0) is 0 Å². The fraction of sp³-hybridized carbons (Fsp3) is 1.00. The van der Waals surface area contributed by atoms with E-state index in [2.05, 4.69) is 40.1 Å². The Hall–Kier alpha value is -0.0400. The SMILES string of the molecule is CNCC1(C)CC(C)CC(C)(C)C1. The van der Waals surface area contributed by atoms with Gasteiger partial charge in [0.25, 0.3) is 0 Å². The molecule has 1 aliphatic carbocycles. The van der Waals surface area contributed by atoms with Crippen molar-refractivity contribution in [3.8, 4) is 0 Å². The van der Waals surface area contributed by atoms with Crippen LogP contribution in [0.1, 0.15) is 47.0 Å². The fourth-order valence-electron chi connectivity index (χ4n) is 3.72. The van der Waals surface area contributed by atoms with E-state index in [4.69, 9.17) is 0 Å². The van der Waals surface area contributed by atoms with Crippen molar-refractivity contribution < 1.29 is 0 Å². The van der Waals surface area contributed by atoms with Crippen molar-refractivity contribution >= 4 is 0 Å². The van der Waals surface area contributed by atoms with E-state index in [1.54, 1.807) is 0 Å². The largest absolute Gasteiger partial charge is 0.319 e. The Kier molecular flexibility index (Phi) is 3.06. The second-order valence-electron chi connectivity index (χ2n) is 6.20. The van der Waals surface area contributed by atoms with E-state index in [-0.39, 0.29) is 0 Å². The molecular formula is C12H25N. The van der Waals surface area contributed by atoms with Gasteiger partial charge in [-0.3, -0.25) is 0 Å². The molecule has 13 heavy (non-hydrogen) atoms. The minimum atomic E-state index is 0.524. The van der Waals surface area contributed by atoms with Crippen molar-refractivity contribution in [3.05, 3.63) is 0 Å². The minimum Gasteiger partial charge on any atom is -0.319 e. The monoisotopic (exact) mass is 183 g/mol. The van der Waals surface area contributed by atoms with Gasteiger partial charge in [0.05, 0.1) is 0 Å². The van der Waals surface area contributed by atoms with Gasteiger partial charge in [-0.2, -0.15) is 0 Å². The van der Waals surface area contributed by atoms with Crippen LogP contribution in [0.4, 0.5) is 0 Å². The van der Waals surface area contributed by atoms with E-state index in [1.165, 1.54) is 25.8 Å². The van der Waals surface area contributed by atoms with Crippen LogP contribution in [0.5, 0.6) is 0 Å². The van der Waals surface area contributed by atoms with Crippen LogP contribution >= 0.6 is 0 Å². The highest BCUT2D eigenvalue weighted by atomic mass is 14.8. The number of hydrogen-bond acceptors (Lipinski definition) is 1. The van der Waals surface area contributed by atoms with Crippen LogP contribution in [0.15, 0.2) is 0 Å². The highest BCUT2D eigenvalue weighted by molar-refractivity contribution is 4.91. The Morgan fingerprint density at radius 3 is 2.31 bits per heavy atom. The first-order chi connectivity index (χ1) is 5.87. The van der Waals surface area contributed by atoms with E-state index in [9.17, 15) is 0 Å². The van der Waals surface area contributed by atoms with Crippen molar-refractivity contribution in [1.82, 2.24) is 5.32 Å². The van der Waals surface area contributed by atoms with Crippen molar-refractivity contribution in [2.75, 3.05) is 13.6 Å². The van der Waals surface area contributed by atoms with Crippen molar-refractivity contribution in [3.63, 3.8) is 0 Å². The maximum Gasteiger partial charge on any atom is 0.000246 e. The fourth-order valence-corrected chi connectivity index (χ4v) is 3.72. The summed E-state index contributed by atoms with van der Waals surface area (Å²) in [5.41, 5.74) is 1.07.